The van der Waals surface area contributed by atoms with Gasteiger partial charge in [0.25, 0.3) is 0 Å². The molecule has 0 bridgehead atoms. The van der Waals surface area contributed by atoms with Crippen molar-refractivity contribution in [3.8, 4) is 0 Å². The molecule has 0 spiro atoms. The van der Waals surface area contributed by atoms with E-state index >= 15 is 0 Å². The van der Waals surface area contributed by atoms with Crippen LogP contribution in [0.2, 0.25) is 0 Å². The molecule has 0 saturated carbocycles. The average molecular weight is 322 g/mol. The second kappa shape index (κ2) is 5.96. The number of hydrogen-bond donors (Lipinski definition) is 0. The molecule has 3 aliphatic heterocycles. The molecule has 3 heterocycles. The van der Waals surface area contributed by atoms with Crippen molar-refractivity contribution in [1.82, 2.24) is 9.80 Å². The van der Waals surface area contributed by atoms with Crippen LogP contribution in [0, 0.1) is 5.92 Å². The Morgan fingerprint density at radius 1 is 0.958 bits per heavy atom. The van der Waals surface area contributed by atoms with E-state index in [1.807, 2.05) is 0 Å². The van der Waals surface area contributed by atoms with Gasteiger partial charge >= 0.3 is 0 Å². The van der Waals surface area contributed by atoms with Crippen LogP contribution in [0.15, 0.2) is 59.2 Å². The lowest BCUT2D eigenvalue weighted by Crippen LogP contribution is -2.32. The summed E-state index contributed by atoms with van der Waals surface area (Å²) in [4.78, 5) is 5.06. The molecule has 3 nitrogen and oxygen atoms in total. The molecule has 0 aromatic heterocycles. The first-order chi connectivity index (χ1) is 11.9. The molecular formula is C21H26N2O. The van der Waals surface area contributed by atoms with E-state index in [9.17, 15) is 0 Å². The first-order valence-electron chi connectivity index (χ1n) is 9.58. The highest BCUT2D eigenvalue weighted by atomic mass is 16.5. The van der Waals surface area contributed by atoms with Crippen molar-refractivity contribution in [2.75, 3.05) is 26.2 Å². The highest BCUT2D eigenvalue weighted by Crippen LogP contribution is 2.39. The molecule has 2 aliphatic carbocycles. The summed E-state index contributed by atoms with van der Waals surface area (Å²) in [7, 11) is 0. The van der Waals surface area contributed by atoms with E-state index in [0.29, 0.717) is 12.0 Å². The van der Waals surface area contributed by atoms with Crippen LogP contribution >= 0.6 is 0 Å². The zero-order valence-electron chi connectivity index (χ0n) is 14.3. The van der Waals surface area contributed by atoms with Crippen molar-refractivity contribution in [1.29, 1.82) is 0 Å². The monoisotopic (exact) mass is 322 g/mol. The van der Waals surface area contributed by atoms with E-state index in [0.717, 1.165) is 17.9 Å². The molecule has 0 amide bonds. The number of likely N-dealkylation sites (tertiary alicyclic amines) is 2. The number of ether oxygens (including phenoxy) is 1. The highest BCUT2D eigenvalue weighted by molar-refractivity contribution is 5.48. The highest BCUT2D eigenvalue weighted by Gasteiger charge is 2.30. The fourth-order valence-electron chi connectivity index (χ4n) is 4.56. The van der Waals surface area contributed by atoms with E-state index in [1.165, 1.54) is 63.1 Å². The Hall–Kier alpha value is -1.74. The molecule has 5 aliphatic rings. The Labute approximate surface area is 144 Å². The molecule has 2 saturated heterocycles. The van der Waals surface area contributed by atoms with Crippen molar-refractivity contribution in [2.24, 2.45) is 5.92 Å². The van der Waals surface area contributed by atoms with Crippen LogP contribution in [0.1, 0.15) is 32.1 Å². The maximum atomic E-state index is 6.38. The number of nitrogens with zero attached hydrogens (tertiary/aromatic N) is 2. The van der Waals surface area contributed by atoms with E-state index < -0.39 is 0 Å². The van der Waals surface area contributed by atoms with Gasteiger partial charge in [0, 0.05) is 36.4 Å². The zero-order valence-corrected chi connectivity index (χ0v) is 14.3. The SMILES string of the molecule is C1=CC(N2CCCC2)C=C2OC3=CC(N4CCCC4)=CCC3C=C12. The minimum atomic E-state index is 0.411. The molecule has 24 heavy (non-hydrogen) atoms. The van der Waals surface area contributed by atoms with E-state index in [1.54, 1.807) is 0 Å². The number of allylic oxidation sites excluding steroid dienone is 4. The maximum Gasteiger partial charge on any atom is 0.131 e. The molecule has 126 valence electrons. The molecule has 2 unspecified atom stereocenters. The molecule has 0 radical (unpaired) electrons. The number of fused-ring (bicyclic) bond motifs is 2. The van der Waals surface area contributed by atoms with Gasteiger partial charge in [0.15, 0.2) is 0 Å². The van der Waals surface area contributed by atoms with Crippen LogP contribution in [0.3, 0.4) is 0 Å². The second-order valence-electron chi connectivity index (χ2n) is 7.56. The van der Waals surface area contributed by atoms with Gasteiger partial charge in [0.2, 0.25) is 0 Å². The summed E-state index contributed by atoms with van der Waals surface area (Å²) in [6, 6.07) is 0.411. The Balaban J connectivity index is 1.39. The lowest BCUT2D eigenvalue weighted by molar-refractivity contribution is 0.247. The molecule has 3 heteroatoms. The van der Waals surface area contributed by atoms with Crippen LogP contribution in [0.4, 0.5) is 0 Å². The van der Waals surface area contributed by atoms with Gasteiger partial charge in [-0.2, -0.15) is 0 Å². The van der Waals surface area contributed by atoms with Gasteiger partial charge in [-0.15, -0.1) is 0 Å². The van der Waals surface area contributed by atoms with Gasteiger partial charge in [-0.25, -0.2) is 0 Å². The zero-order chi connectivity index (χ0) is 15.9. The van der Waals surface area contributed by atoms with Crippen LogP contribution in [-0.2, 0) is 4.74 Å². The van der Waals surface area contributed by atoms with Crippen molar-refractivity contribution >= 4 is 0 Å². The van der Waals surface area contributed by atoms with Gasteiger partial charge in [-0.05, 0) is 51.3 Å². The van der Waals surface area contributed by atoms with E-state index in [4.69, 9.17) is 4.74 Å². The fourth-order valence-corrected chi connectivity index (χ4v) is 4.56. The van der Waals surface area contributed by atoms with Gasteiger partial charge in [0.1, 0.15) is 11.5 Å². The fraction of sp³-hybridized carbons (Fsp3) is 0.524. The third-order valence-electron chi connectivity index (χ3n) is 5.96. The van der Waals surface area contributed by atoms with Gasteiger partial charge in [0.05, 0.1) is 6.04 Å². The van der Waals surface area contributed by atoms with E-state index in [2.05, 4.69) is 46.3 Å². The summed E-state index contributed by atoms with van der Waals surface area (Å²) in [6.07, 6.45) is 20.4. The summed E-state index contributed by atoms with van der Waals surface area (Å²) in [5, 5.41) is 0. The molecular weight excluding hydrogens is 296 g/mol. The third kappa shape index (κ3) is 2.55. The summed E-state index contributed by atoms with van der Waals surface area (Å²) in [5.74, 6) is 2.63. The molecule has 0 N–H and O–H groups in total. The topological polar surface area (TPSA) is 15.7 Å². The number of rotatable bonds is 2. The summed E-state index contributed by atoms with van der Waals surface area (Å²) in [6.45, 7) is 4.82. The predicted octanol–water partition coefficient (Wildman–Crippen LogP) is 3.74. The summed E-state index contributed by atoms with van der Waals surface area (Å²) < 4.78 is 6.38. The molecule has 0 aromatic carbocycles. The summed E-state index contributed by atoms with van der Waals surface area (Å²) >= 11 is 0. The van der Waals surface area contributed by atoms with Crippen LogP contribution in [0.5, 0.6) is 0 Å². The largest absolute Gasteiger partial charge is 0.461 e. The first kappa shape index (κ1) is 14.6. The molecule has 5 rings (SSSR count). The smallest absolute Gasteiger partial charge is 0.131 e. The van der Waals surface area contributed by atoms with Crippen molar-refractivity contribution in [3.63, 3.8) is 0 Å². The standard InChI is InChI=1S/C21H26N2O/c1-2-10-22(9-1)18-7-5-16-13-17-6-8-19(23-11-3-4-12-23)15-21(17)24-20(16)14-18/h5,7-8,13-15,17-18H,1-4,6,9-12H2. The Morgan fingerprint density at radius 2 is 1.75 bits per heavy atom. The Kier molecular flexibility index (Phi) is 3.62. The van der Waals surface area contributed by atoms with Gasteiger partial charge in [-0.3, -0.25) is 4.90 Å². The quantitative estimate of drug-likeness (QED) is 0.770. The lowest BCUT2D eigenvalue weighted by Gasteiger charge is -2.33. The van der Waals surface area contributed by atoms with Crippen LogP contribution < -0.4 is 0 Å². The first-order valence-corrected chi connectivity index (χ1v) is 9.58. The van der Waals surface area contributed by atoms with Crippen molar-refractivity contribution < 1.29 is 4.74 Å². The normalized spacial score (nSPS) is 32.4. The number of hydrogen-bond acceptors (Lipinski definition) is 3. The average Bonchev–Trinajstić information content (AvgIpc) is 3.32. The minimum absolute atomic E-state index is 0.411. The van der Waals surface area contributed by atoms with Crippen molar-refractivity contribution in [3.05, 3.63) is 59.2 Å². The van der Waals surface area contributed by atoms with Crippen LogP contribution in [-0.4, -0.2) is 42.0 Å². The Bertz CT molecular complexity index is 670. The van der Waals surface area contributed by atoms with Crippen LogP contribution in [0.25, 0.3) is 0 Å². The van der Waals surface area contributed by atoms with E-state index in [-0.39, 0.29) is 0 Å². The lowest BCUT2D eigenvalue weighted by atomic mass is 9.89. The van der Waals surface area contributed by atoms with Gasteiger partial charge < -0.3 is 9.64 Å². The van der Waals surface area contributed by atoms with Gasteiger partial charge in [-0.1, -0.05) is 24.3 Å². The third-order valence-corrected chi connectivity index (χ3v) is 5.96. The maximum absolute atomic E-state index is 6.38. The predicted molar refractivity (Wildman–Crippen MR) is 96.1 cm³/mol. The second-order valence-corrected chi connectivity index (χ2v) is 7.56. The molecule has 2 fully saturated rings. The molecule has 0 aromatic rings. The minimum Gasteiger partial charge on any atom is -0.461 e. The molecule has 2 atom stereocenters. The van der Waals surface area contributed by atoms with Crippen molar-refractivity contribution in [2.45, 2.75) is 38.1 Å². The Morgan fingerprint density at radius 3 is 2.58 bits per heavy atom. The summed E-state index contributed by atoms with van der Waals surface area (Å²) in [5.41, 5.74) is 2.64.